The van der Waals surface area contributed by atoms with E-state index in [0.29, 0.717) is 16.8 Å². The number of thiophene rings is 1. The van der Waals surface area contributed by atoms with Crippen LogP contribution in [0.5, 0.6) is 0 Å². The van der Waals surface area contributed by atoms with Gasteiger partial charge in [-0.3, -0.25) is 9.20 Å². The van der Waals surface area contributed by atoms with Crippen molar-refractivity contribution in [2.24, 2.45) is 18.4 Å². The van der Waals surface area contributed by atoms with E-state index in [1.54, 1.807) is 28.4 Å². The van der Waals surface area contributed by atoms with Crippen LogP contribution in [0.15, 0.2) is 46.5 Å². The maximum atomic E-state index is 12.3. The second-order valence-corrected chi connectivity index (χ2v) is 11.6. The van der Waals surface area contributed by atoms with Gasteiger partial charge in [0.1, 0.15) is 5.65 Å². The van der Waals surface area contributed by atoms with E-state index in [1.165, 1.54) is 21.7 Å². The zero-order valence-corrected chi connectivity index (χ0v) is 20.5. The van der Waals surface area contributed by atoms with Crippen molar-refractivity contribution in [2.75, 3.05) is 0 Å². The van der Waals surface area contributed by atoms with E-state index >= 15 is 0 Å². The molecule has 0 aliphatic heterocycles. The molecule has 166 valence electrons. The van der Waals surface area contributed by atoms with Crippen LogP contribution in [0.4, 0.5) is 0 Å². The van der Waals surface area contributed by atoms with E-state index in [-0.39, 0.29) is 5.56 Å². The minimum absolute atomic E-state index is 0.0671. The second kappa shape index (κ2) is 8.15. The summed E-state index contributed by atoms with van der Waals surface area (Å²) in [5.41, 5.74) is 3.16. The van der Waals surface area contributed by atoms with Gasteiger partial charge in [-0.1, -0.05) is 38.6 Å². The first kappa shape index (κ1) is 21.4. The lowest BCUT2D eigenvalue weighted by Crippen LogP contribution is -2.26. The van der Waals surface area contributed by atoms with Crippen molar-refractivity contribution in [3.05, 3.63) is 63.0 Å². The molecule has 4 heterocycles. The summed E-state index contributed by atoms with van der Waals surface area (Å²) in [5.74, 6) is 2.20. The predicted octanol–water partition coefficient (Wildman–Crippen LogP) is 4.99. The smallest absolute Gasteiger partial charge is 0.258 e. The molecule has 1 aliphatic carbocycles. The molecule has 0 bridgehead atoms. The number of aromatic nitrogens is 5. The lowest BCUT2D eigenvalue weighted by molar-refractivity contribution is 0.217. The van der Waals surface area contributed by atoms with Crippen LogP contribution in [0, 0.1) is 11.3 Å². The standard InChI is InChI=1S/C24H27N5OS2/c1-24(2,3)16-8-9-18-15(11-16)12-19(32-18)22-26-27-23(28(22)4)31-14-17-13-21(30)29-10-6-5-7-20(29)25-17/h5-7,10,12-13,16H,8-9,11,14H2,1-4H3. The molecule has 4 aromatic rings. The maximum Gasteiger partial charge on any atom is 0.258 e. The molecule has 1 unspecified atom stereocenters. The van der Waals surface area contributed by atoms with Gasteiger partial charge in [0, 0.05) is 29.9 Å². The van der Waals surface area contributed by atoms with Crippen LogP contribution >= 0.6 is 23.1 Å². The fraction of sp³-hybridized carbons (Fsp3) is 0.417. The zero-order chi connectivity index (χ0) is 22.5. The number of rotatable bonds is 4. The predicted molar refractivity (Wildman–Crippen MR) is 130 cm³/mol. The Balaban J connectivity index is 1.35. The molecule has 32 heavy (non-hydrogen) atoms. The normalized spacial score (nSPS) is 16.4. The first-order valence-corrected chi connectivity index (χ1v) is 12.7. The van der Waals surface area contributed by atoms with Crippen molar-refractivity contribution >= 4 is 28.7 Å². The SMILES string of the molecule is Cn1c(SCc2cc(=O)n3ccccc3n2)nnc1-c1cc2c(s1)CCC(C(C)(C)C)C2. The second-order valence-electron chi connectivity index (χ2n) is 9.53. The molecule has 0 fully saturated rings. The Morgan fingerprint density at radius 1 is 1.22 bits per heavy atom. The summed E-state index contributed by atoms with van der Waals surface area (Å²) in [6.45, 7) is 7.04. The third kappa shape index (κ3) is 4.01. The number of pyridine rings is 1. The highest BCUT2D eigenvalue weighted by molar-refractivity contribution is 7.98. The molecular formula is C24H27N5OS2. The number of aryl methyl sites for hydroxylation is 1. The summed E-state index contributed by atoms with van der Waals surface area (Å²) < 4.78 is 3.61. The van der Waals surface area contributed by atoms with E-state index in [2.05, 4.69) is 46.6 Å². The molecule has 6 nitrogen and oxygen atoms in total. The summed E-state index contributed by atoms with van der Waals surface area (Å²) in [4.78, 5) is 19.6. The Bertz CT molecular complexity index is 1340. The molecule has 5 rings (SSSR count). The monoisotopic (exact) mass is 465 g/mol. The average molecular weight is 466 g/mol. The highest BCUT2D eigenvalue weighted by atomic mass is 32.2. The van der Waals surface area contributed by atoms with Crippen molar-refractivity contribution in [3.8, 4) is 10.7 Å². The van der Waals surface area contributed by atoms with Gasteiger partial charge in [0.15, 0.2) is 11.0 Å². The quantitative estimate of drug-likeness (QED) is 0.397. The molecule has 0 amide bonds. The Kier molecular flexibility index (Phi) is 5.45. The average Bonchev–Trinajstić information content (AvgIpc) is 3.34. The van der Waals surface area contributed by atoms with Gasteiger partial charge in [0.05, 0.1) is 10.6 Å². The van der Waals surface area contributed by atoms with Crippen LogP contribution in [0.3, 0.4) is 0 Å². The minimum atomic E-state index is -0.0671. The summed E-state index contributed by atoms with van der Waals surface area (Å²) >= 11 is 3.41. The van der Waals surface area contributed by atoms with Crippen molar-refractivity contribution in [3.63, 3.8) is 0 Å². The minimum Gasteiger partial charge on any atom is -0.304 e. The summed E-state index contributed by atoms with van der Waals surface area (Å²) in [7, 11) is 2.01. The zero-order valence-electron chi connectivity index (χ0n) is 18.8. The Labute approximate surface area is 195 Å². The number of nitrogens with zero attached hydrogens (tertiary/aromatic N) is 5. The van der Waals surface area contributed by atoms with E-state index < -0.39 is 0 Å². The van der Waals surface area contributed by atoms with Crippen LogP contribution in [-0.4, -0.2) is 24.1 Å². The van der Waals surface area contributed by atoms with Crippen molar-refractivity contribution < 1.29 is 0 Å². The molecule has 0 spiro atoms. The van der Waals surface area contributed by atoms with E-state index in [9.17, 15) is 4.79 Å². The number of fused-ring (bicyclic) bond motifs is 2. The molecular weight excluding hydrogens is 438 g/mol. The fourth-order valence-corrected chi connectivity index (χ4v) is 6.38. The summed E-state index contributed by atoms with van der Waals surface area (Å²) in [5, 5.41) is 9.74. The van der Waals surface area contributed by atoms with E-state index in [0.717, 1.165) is 35.4 Å². The summed E-state index contributed by atoms with van der Waals surface area (Å²) in [6, 6.07) is 9.48. The lowest BCUT2D eigenvalue weighted by Gasteiger charge is -2.33. The van der Waals surface area contributed by atoms with Crippen molar-refractivity contribution in [1.82, 2.24) is 24.1 Å². The van der Waals surface area contributed by atoms with Gasteiger partial charge in [-0.2, -0.15) is 0 Å². The van der Waals surface area contributed by atoms with Gasteiger partial charge in [0.2, 0.25) is 0 Å². The van der Waals surface area contributed by atoms with Crippen molar-refractivity contribution in [2.45, 2.75) is 50.9 Å². The molecule has 0 radical (unpaired) electrons. The molecule has 1 atom stereocenters. The first-order chi connectivity index (χ1) is 15.3. The Hall–Kier alpha value is -2.45. The molecule has 0 N–H and O–H groups in total. The topological polar surface area (TPSA) is 65.1 Å². The van der Waals surface area contributed by atoms with E-state index in [1.807, 2.05) is 36.6 Å². The first-order valence-electron chi connectivity index (χ1n) is 10.9. The van der Waals surface area contributed by atoms with Crippen LogP contribution in [0.1, 0.15) is 43.3 Å². The number of thioether (sulfide) groups is 1. The Morgan fingerprint density at radius 3 is 2.88 bits per heavy atom. The molecule has 0 saturated heterocycles. The maximum absolute atomic E-state index is 12.3. The number of hydrogen-bond acceptors (Lipinski definition) is 6. The molecule has 0 saturated carbocycles. The number of hydrogen-bond donors (Lipinski definition) is 0. The van der Waals surface area contributed by atoms with Gasteiger partial charge >= 0.3 is 0 Å². The van der Waals surface area contributed by atoms with Gasteiger partial charge in [-0.05, 0) is 54.4 Å². The molecule has 1 aliphatic rings. The van der Waals surface area contributed by atoms with Crippen LogP contribution in [0.2, 0.25) is 0 Å². The highest BCUT2D eigenvalue weighted by Gasteiger charge is 2.30. The van der Waals surface area contributed by atoms with Gasteiger partial charge < -0.3 is 4.57 Å². The Morgan fingerprint density at radius 2 is 2.06 bits per heavy atom. The van der Waals surface area contributed by atoms with Gasteiger partial charge in [0.25, 0.3) is 5.56 Å². The lowest BCUT2D eigenvalue weighted by atomic mass is 9.72. The van der Waals surface area contributed by atoms with Gasteiger partial charge in [-0.25, -0.2) is 4.98 Å². The summed E-state index contributed by atoms with van der Waals surface area (Å²) in [6.07, 6.45) is 5.30. The molecule has 0 aromatic carbocycles. The van der Waals surface area contributed by atoms with Crippen LogP contribution < -0.4 is 5.56 Å². The third-order valence-corrected chi connectivity index (χ3v) is 8.62. The highest BCUT2D eigenvalue weighted by Crippen LogP contribution is 2.42. The fourth-order valence-electron chi connectivity index (χ4n) is 4.34. The largest absolute Gasteiger partial charge is 0.304 e. The third-order valence-electron chi connectivity index (χ3n) is 6.34. The van der Waals surface area contributed by atoms with E-state index in [4.69, 9.17) is 0 Å². The molecule has 4 aromatic heterocycles. The van der Waals surface area contributed by atoms with Crippen molar-refractivity contribution in [1.29, 1.82) is 0 Å². The van der Waals surface area contributed by atoms with Crippen LogP contribution in [0.25, 0.3) is 16.3 Å². The van der Waals surface area contributed by atoms with Gasteiger partial charge in [-0.15, -0.1) is 21.5 Å². The molecule has 8 heteroatoms. The van der Waals surface area contributed by atoms with Crippen LogP contribution in [-0.2, 0) is 25.6 Å².